The highest BCUT2D eigenvalue weighted by atomic mass is 79.9. The molecule has 98 valence electrons. The normalized spacial score (nSPS) is 10.2. The minimum absolute atomic E-state index is 0.0155. The second-order valence-corrected chi connectivity index (χ2v) is 4.53. The molecule has 0 heterocycles. The molecule has 0 atom stereocenters. The lowest BCUT2D eigenvalue weighted by Crippen LogP contribution is -2.07. The molecule has 0 aliphatic rings. The molecule has 0 bridgehead atoms. The molecular weight excluding hydrogens is 317 g/mol. The van der Waals surface area contributed by atoms with E-state index < -0.39 is 23.0 Å². The summed E-state index contributed by atoms with van der Waals surface area (Å²) in [5.41, 5.74) is 4.59. The summed E-state index contributed by atoms with van der Waals surface area (Å²) in [6, 6.07) is 9.20. The third-order valence-corrected chi connectivity index (χ3v) is 3.08. The van der Waals surface area contributed by atoms with Crippen LogP contribution in [0.25, 0.3) is 0 Å². The lowest BCUT2D eigenvalue weighted by Gasteiger charge is -2.12. The van der Waals surface area contributed by atoms with Gasteiger partial charge in [-0.05, 0) is 40.2 Å². The van der Waals surface area contributed by atoms with E-state index in [1.165, 1.54) is 6.07 Å². The number of benzene rings is 2. The number of para-hydroxylation sites is 1. The van der Waals surface area contributed by atoms with Gasteiger partial charge in [0.15, 0.2) is 0 Å². The standard InChI is InChI=1S/C13H9BrFNO3/c14-7-3-1-2-4-9(7)19-10-6-5-8(15)12(16)11(10)13(17)18/h1-6H,16H2,(H,17,18). The van der Waals surface area contributed by atoms with Crippen molar-refractivity contribution in [2.24, 2.45) is 0 Å². The fourth-order valence-electron chi connectivity index (χ4n) is 1.53. The monoisotopic (exact) mass is 325 g/mol. The third-order valence-electron chi connectivity index (χ3n) is 2.42. The van der Waals surface area contributed by atoms with Crippen LogP contribution in [-0.4, -0.2) is 11.1 Å². The van der Waals surface area contributed by atoms with Gasteiger partial charge in [0, 0.05) is 0 Å². The van der Waals surface area contributed by atoms with Crippen LogP contribution in [-0.2, 0) is 0 Å². The Morgan fingerprint density at radius 2 is 1.89 bits per heavy atom. The van der Waals surface area contributed by atoms with E-state index in [9.17, 15) is 9.18 Å². The summed E-state index contributed by atoms with van der Waals surface area (Å²) >= 11 is 3.27. The van der Waals surface area contributed by atoms with E-state index in [2.05, 4.69) is 15.9 Å². The zero-order chi connectivity index (χ0) is 14.0. The smallest absolute Gasteiger partial charge is 0.341 e. The van der Waals surface area contributed by atoms with Crippen LogP contribution < -0.4 is 10.5 Å². The second-order valence-electron chi connectivity index (χ2n) is 3.67. The van der Waals surface area contributed by atoms with Gasteiger partial charge >= 0.3 is 5.97 Å². The molecule has 2 rings (SSSR count). The molecule has 0 saturated heterocycles. The summed E-state index contributed by atoms with van der Waals surface area (Å²) in [7, 11) is 0. The Kier molecular flexibility index (Phi) is 3.71. The highest BCUT2D eigenvalue weighted by Crippen LogP contribution is 2.34. The van der Waals surface area contributed by atoms with Gasteiger partial charge in [-0.15, -0.1) is 0 Å². The Morgan fingerprint density at radius 1 is 1.21 bits per heavy atom. The van der Waals surface area contributed by atoms with E-state index in [4.69, 9.17) is 15.6 Å². The van der Waals surface area contributed by atoms with E-state index in [1.54, 1.807) is 24.3 Å². The SMILES string of the molecule is Nc1c(F)ccc(Oc2ccccc2Br)c1C(=O)O. The molecule has 0 aromatic heterocycles. The van der Waals surface area contributed by atoms with Gasteiger partial charge in [0.05, 0.1) is 10.2 Å². The van der Waals surface area contributed by atoms with Gasteiger partial charge in [-0.25, -0.2) is 9.18 Å². The fraction of sp³-hybridized carbons (Fsp3) is 0. The number of nitrogen functional groups attached to an aromatic ring is 1. The van der Waals surface area contributed by atoms with Gasteiger partial charge < -0.3 is 15.6 Å². The van der Waals surface area contributed by atoms with Crippen LogP contribution >= 0.6 is 15.9 Å². The Bertz CT molecular complexity index is 646. The largest absolute Gasteiger partial charge is 0.477 e. The van der Waals surface area contributed by atoms with Crippen LogP contribution in [0.4, 0.5) is 10.1 Å². The molecular formula is C13H9BrFNO3. The minimum atomic E-state index is -1.35. The van der Waals surface area contributed by atoms with Crippen LogP contribution in [0.15, 0.2) is 40.9 Å². The summed E-state index contributed by atoms with van der Waals surface area (Å²) in [6.45, 7) is 0. The van der Waals surface area contributed by atoms with E-state index in [1.807, 2.05) is 0 Å². The number of anilines is 1. The van der Waals surface area contributed by atoms with Crippen LogP contribution in [0.1, 0.15) is 10.4 Å². The van der Waals surface area contributed by atoms with Gasteiger partial charge in [-0.2, -0.15) is 0 Å². The van der Waals surface area contributed by atoms with E-state index in [0.29, 0.717) is 10.2 Å². The summed E-state index contributed by atoms with van der Waals surface area (Å²) < 4.78 is 19.4. The molecule has 19 heavy (non-hydrogen) atoms. The van der Waals surface area contributed by atoms with Gasteiger partial charge in [0.25, 0.3) is 0 Å². The highest BCUT2D eigenvalue weighted by Gasteiger charge is 2.19. The predicted octanol–water partition coefficient (Wildman–Crippen LogP) is 3.66. The lowest BCUT2D eigenvalue weighted by molar-refractivity contribution is 0.0695. The highest BCUT2D eigenvalue weighted by molar-refractivity contribution is 9.10. The number of carboxylic acids is 1. The predicted molar refractivity (Wildman–Crippen MR) is 72.0 cm³/mol. The van der Waals surface area contributed by atoms with Crippen molar-refractivity contribution in [1.29, 1.82) is 0 Å². The van der Waals surface area contributed by atoms with Gasteiger partial charge in [0.2, 0.25) is 0 Å². The van der Waals surface area contributed by atoms with Crippen molar-refractivity contribution in [3.05, 3.63) is 52.3 Å². The first-order valence-corrected chi connectivity index (χ1v) is 6.03. The molecule has 0 amide bonds. The van der Waals surface area contributed by atoms with Crippen molar-refractivity contribution in [2.45, 2.75) is 0 Å². The van der Waals surface area contributed by atoms with Crippen molar-refractivity contribution in [2.75, 3.05) is 5.73 Å². The van der Waals surface area contributed by atoms with Gasteiger partial charge in [-0.3, -0.25) is 0 Å². The quantitative estimate of drug-likeness (QED) is 0.844. The van der Waals surface area contributed by atoms with Crippen molar-refractivity contribution >= 4 is 27.6 Å². The summed E-state index contributed by atoms with van der Waals surface area (Å²) in [5, 5.41) is 9.08. The maximum absolute atomic E-state index is 13.3. The number of aromatic carboxylic acids is 1. The third kappa shape index (κ3) is 2.68. The zero-order valence-electron chi connectivity index (χ0n) is 9.56. The molecule has 0 spiro atoms. The number of carboxylic acid groups (broad SMARTS) is 1. The zero-order valence-corrected chi connectivity index (χ0v) is 11.1. The maximum Gasteiger partial charge on any atom is 0.341 e. The molecule has 0 radical (unpaired) electrons. The number of hydrogen-bond donors (Lipinski definition) is 2. The first-order valence-electron chi connectivity index (χ1n) is 5.24. The number of halogens is 2. The van der Waals surface area contributed by atoms with E-state index in [0.717, 1.165) is 6.07 Å². The molecule has 0 saturated carbocycles. The Labute approximate surface area is 116 Å². The van der Waals surface area contributed by atoms with Crippen molar-refractivity contribution in [3.63, 3.8) is 0 Å². The molecule has 4 nitrogen and oxygen atoms in total. The molecule has 2 aromatic rings. The van der Waals surface area contributed by atoms with Crippen LogP contribution in [0, 0.1) is 5.82 Å². The van der Waals surface area contributed by atoms with Gasteiger partial charge in [-0.1, -0.05) is 12.1 Å². The van der Waals surface area contributed by atoms with E-state index in [-0.39, 0.29) is 5.75 Å². The van der Waals surface area contributed by atoms with E-state index >= 15 is 0 Å². The Hall–Kier alpha value is -2.08. The molecule has 2 aromatic carbocycles. The minimum Gasteiger partial charge on any atom is -0.477 e. The topological polar surface area (TPSA) is 72.5 Å². The number of rotatable bonds is 3. The van der Waals surface area contributed by atoms with Crippen LogP contribution in [0.3, 0.4) is 0 Å². The number of ether oxygens (including phenoxy) is 1. The van der Waals surface area contributed by atoms with Crippen LogP contribution in [0.5, 0.6) is 11.5 Å². The summed E-state index contributed by atoms with van der Waals surface area (Å²) in [4.78, 5) is 11.1. The molecule has 0 unspecified atom stereocenters. The number of carbonyl (C=O) groups is 1. The summed E-state index contributed by atoms with van der Waals surface area (Å²) in [5.74, 6) is -1.75. The number of nitrogens with two attached hydrogens (primary N) is 1. The molecule has 0 aliphatic heterocycles. The number of hydrogen-bond acceptors (Lipinski definition) is 3. The second kappa shape index (κ2) is 5.27. The Morgan fingerprint density at radius 3 is 2.53 bits per heavy atom. The molecule has 6 heteroatoms. The fourth-order valence-corrected chi connectivity index (χ4v) is 1.89. The molecule has 0 fully saturated rings. The van der Waals surface area contributed by atoms with Crippen molar-refractivity contribution < 1.29 is 19.0 Å². The first kappa shape index (κ1) is 13.4. The molecule has 3 N–H and O–H groups in total. The Balaban J connectivity index is 2.49. The lowest BCUT2D eigenvalue weighted by atomic mass is 10.1. The maximum atomic E-state index is 13.3. The average molecular weight is 326 g/mol. The van der Waals surface area contributed by atoms with Crippen molar-refractivity contribution in [1.82, 2.24) is 0 Å². The molecule has 0 aliphatic carbocycles. The van der Waals surface area contributed by atoms with Crippen molar-refractivity contribution in [3.8, 4) is 11.5 Å². The average Bonchev–Trinajstić information content (AvgIpc) is 2.36. The first-order chi connectivity index (χ1) is 9.00. The summed E-state index contributed by atoms with van der Waals surface area (Å²) in [6.07, 6.45) is 0. The van der Waals surface area contributed by atoms with Crippen LogP contribution in [0.2, 0.25) is 0 Å². The van der Waals surface area contributed by atoms with Gasteiger partial charge in [0.1, 0.15) is 22.9 Å².